The fourth-order valence-corrected chi connectivity index (χ4v) is 1.98. The molecule has 1 fully saturated rings. The molecule has 1 aliphatic rings. The molecule has 1 N–H and O–H groups in total. The molecular weight excluding hydrogens is 261 g/mol. The van der Waals surface area contributed by atoms with Crippen molar-refractivity contribution in [2.45, 2.75) is 25.7 Å². The molecule has 0 spiro atoms. The molecule has 0 atom stereocenters. The van der Waals surface area contributed by atoms with Crippen molar-refractivity contribution in [1.29, 1.82) is 0 Å². The summed E-state index contributed by atoms with van der Waals surface area (Å²) in [7, 11) is 0. The zero-order chi connectivity index (χ0) is 14.4. The zero-order valence-electron chi connectivity index (χ0n) is 11.0. The van der Waals surface area contributed by atoms with Crippen LogP contribution in [0, 0.1) is 11.4 Å². The number of carbonyl (C=O) groups excluding carboxylic acids is 1. The fraction of sp³-hybridized carbons (Fsp3) is 0.538. The van der Waals surface area contributed by atoms with E-state index in [0.717, 1.165) is 12.8 Å². The number of azide groups is 1. The van der Waals surface area contributed by atoms with E-state index in [4.69, 9.17) is 5.53 Å². The monoisotopic (exact) mass is 277 g/mol. The molecule has 0 aromatic carbocycles. The van der Waals surface area contributed by atoms with Crippen molar-refractivity contribution in [3.63, 3.8) is 0 Å². The number of aromatic nitrogens is 1. The Morgan fingerprint density at radius 3 is 3.05 bits per heavy atom. The summed E-state index contributed by atoms with van der Waals surface area (Å²) in [4.78, 5) is 18.0. The molecule has 0 unspecified atom stereocenters. The molecule has 1 heterocycles. The molecular formula is C13H16FN5O. The number of nitrogens with zero attached hydrogens (tertiary/aromatic N) is 4. The Hall–Kier alpha value is -2.14. The van der Waals surface area contributed by atoms with E-state index in [1.807, 2.05) is 0 Å². The highest BCUT2D eigenvalue weighted by Gasteiger charge is 2.41. The third kappa shape index (κ3) is 3.93. The van der Waals surface area contributed by atoms with Gasteiger partial charge in [0.05, 0.1) is 0 Å². The van der Waals surface area contributed by atoms with Crippen LogP contribution in [0.3, 0.4) is 0 Å². The molecule has 1 amide bonds. The number of rotatable bonds is 7. The average Bonchev–Trinajstić information content (AvgIpc) is 3.23. The molecule has 2 rings (SSSR count). The highest BCUT2D eigenvalue weighted by molar-refractivity contribution is 5.76. The van der Waals surface area contributed by atoms with E-state index in [1.54, 1.807) is 12.1 Å². The highest BCUT2D eigenvalue weighted by Crippen LogP contribution is 2.45. The molecule has 0 aliphatic heterocycles. The van der Waals surface area contributed by atoms with Crippen LogP contribution in [0.5, 0.6) is 0 Å². The molecule has 1 aromatic rings. The van der Waals surface area contributed by atoms with Crippen molar-refractivity contribution in [2.24, 2.45) is 10.5 Å². The summed E-state index contributed by atoms with van der Waals surface area (Å²) in [5.41, 5.74) is 8.69. The third-order valence-electron chi connectivity index (χ3n) is 3.54. The molecule has 0 saturated heterocycles. The largest absolute Gasteiger partial charge is 0.356 e. The lowest BCUT2D eigenvalue weighted by molar-refractivity contribution is -0.121. The minimum absolute atomic E-state index is 0.0541. The van der Waals surface area contributed by atoms with Gasteiger partial charge in [0.1, 0.15) is 0 Å². The van der Waals surface area contributed by atoms with E-state index in [-0.39, 0.29) is 17.7 Å². The van der Waals surface area contributed by atoms with Crippen LogP contribution in [0.1, 0.15) is 24.8 Å². The lowest BCUT2D eigenvalue weighted by Gasteiger charge is -2.13. The normalized spacial score (nSPS) is 15.2. The predicted octanol–water partition coefficient (Wildman–Crippen LogP) is 2.36. The zero-order valence-corrected chi connectivity index (χ0v) is 11.0. The lowest BCUT2D eigenvalue weighted by atomic mass is 10.1. The maximum absolute atomic E-state index is 13.3. The maximum Gasteiger partial charge on any atom is 0.220 e. The van der Waals surface area contributed by atoms with Crippen LogP contribution in [-0.4, -0.2) is 24.0 Å². The van der Waals surface area contributed by atoms with Gasteiger partial charge in [0.15, 0.2) is 0 Å². The summed E-state index contributed by atoms with van der Waals surface area (Å²) >= 11 is 0. The van der Waals surface area contributed by atoms with Gasteiger partial charge in [-0.2, -0.15) is 4.39 Å². The van der Waals surface area contributed by atoms with Gasteiger partial charge in [-0.3, -0.25) is 4.79 Å². The fourth-order valence-electron chi connectivity index (χ4n) is 1.98. The van der Waals surface area contributed by atoms with E-state index >= 15 is 0 Å². The predicted molar refractivity (Wildman–Crippen MR) is 71.2 cm³/mol. The molecule has 6 nitrogen and oxygen atoms in total. The maximum atomic E-state index is 13.3. The second kappa shape index (κ2) is 6.34. The Bertz CT molecular complexity index is 537. The van der Waals surface area contributed by atoms with Crippen LogP contribution in [0.25, 0.3) is 10.4 Å². The molecule has 0 radical (unpaired) electrons. The van der Waals surface area contributed by atoms with Crippen LogP contribution in [0.2, 0.25) is 0 Å². The minimum atomic E-state index is -0.526. The molecule has 0 bridgehead atoms. The van der Waals surface area contributed by atoms with Gasteiger partial charge in [0, 0.05) is 36.2 Å². The van der Waals surface area contributed by atoms with Gasteiger partial charge in [-0.15, -0.1) is 0 Å². The number of amides is 1. The first-order valence-electron chi connectivity index (χ1n) is 6.52. The van der Waals surface area contributed by atoms with Crippen molar-refractivity contribution in [1.82, 2.24) is 10.3 Å². The number of pyridine rings is 1. The van der Waals surface area contributed by atoms with Crippen LogP contribution < -0.4 is 5.32 Å². The van der Waals surface area contributed by atoms with Crippen LogP contribution >= 0.6 is 0 Å². The Balaban J connectivity index is 1.74. The summed E-state index contributed by atoms with van der Waals surface area (Å²) in [5.74, 6) is -0.650. The molecule has 1 saturated carbocycles. The van der Waals surface area contributed by atoms with Gasteiger partial charge in [-0.05, 0) is 36.3 Å². The second-order valence-electron chi connectivity index (χ2n) is 5.12. The van der Waals surface area contributed by atoms with Gasteiger partial charge >= 0.3 is 0 Å². The van der Waals surface area contributed by atoms with E-state index in [9.17, 15) is 9.18 Å². The minimum Gasteiger partial charge on any atom is -0.356 e. The topological polar surface area (TPSA) is 90.8 Å². The van der Waals surface area contributed by atoms with Gasteiger partial charge in [0.2, 0.25) is 11.9 Å². The van der Waals surface area contributed by atoms with Gasteiger partial charge < -0.3 is 5.32 Å². The first-order valence-corrected chi connectivity index (χ1v) is 6.52. The van der Waals surface area contributed by atoms with Crippen LogP contribution in [0.4, 0.5) is 4.39 Å². The summed E-state index contributed by atoms with van der Waals surface area (Å²) in [6.07, 6.45) is 3.85. The lowest BCUT2D eigenvalue weighted by Crippen LogP contribution is -2.31. The molecule has 106 valence electrons. The van der Waals surface area contributed by atoms with Gasteiger partial charge in [-0.25, -0.2) is 4.98 Å². The summed E-state index contributed by atoms with van der Waals surface area (Å²) < 4.78 is 13.3. The van der Waals surface area contributed by atoms with E-state index in [0.29, 0.717) is 25.1 Å². The smallest absolute Gasteiger partial charge is 0.220 e. The second-order valence-corrected chi connectivity index (χ2v) is 5.12. The van der Waals surface area contributed by atoms with E-state index < -0.39 is 5.95 Å². The van der Waals surface area contributed by atoms with Gasteiger partial charge in [-0.1, -0.05) is 11.2 Å². The van der Waals surface area contributed by atoms with Crippen molar-refractivity contribution in [3.8, 4) is 0 Å². The Morgan fingerprint density at radius 2 is 2.40 bits per heavy atom. The van der Waals surface area contributed by atoms with Crippen LogP contribution in [0.15, 0.2) is 23.4 Å². The SMILES string of the molecule is [N-]=[N+]=NCC1(CNC(=O)CCc2cccnc2F)CC1. The van der Waals surface area contributed by atoms with Crippen molar-refractivity contribution < 1.29 is 9.18 Å². The molecule has 1 aliphatic carbocycles. The standard InChI is InChI=1S/C13H16FN5O/c14-12-10(2-1-7-16-12)3-4-11(20)17-8-13(5-6-13)9-18-19-15/h1-2,7H,3-6,8-9H2,(H,17,20). The Kier molecular flexibility index (Phi) is 4.53. The first-order chi connectivity index (χ1) is 9.65. The van der Waals surface area contributed by atoms with Gasteiger partial charge in [0.25, 0.3) is 0 Å². The van der Waals surface area contributed by atoms with Crippen molar-refractivity contribution >= 4 is 5.91 Å². The quantitative estimate of drug-likeness (QED) is 0.358. The number of carbonyl (C=O) groups is 1. The molecule has 1 aromatic heterocycles. The first kappa shape index (κ1) is 14.3. The summed E-state index contributed by atoms with van der Waals surface area (Å²) in [6, 6.07) is 3.27. The number of halogens is 1. The molecule has 20 heavy (non-hydrogen) atoms. The number of hydrogen-bond donors (Lipinski definition) is 1. The summed E-state index contributed by atoms with van der Waals surface area (Å²) in [6.45, 7) is 0.932. The number of nitrogens with one attached hydrogen (secondary N) is 1. The van der Waals surface area contributed by atoms with E-state index in [1.165, 1.54) is 6.20 Å². The van der Waals surface area contributed by atoms with Crippen LogP contribution in [-0.2, 0) is 11.2 Å². The summed E-state index contributed by atoms with van der Waals surface area (Å²) in [5, 5.41) is 6.38. The average molecular weight is 277 g/mol. The molecule has 7 heteroatoms. The third-order valence-corrected chi connectivity index (χ3v) is 3.54. The number of hydrogen-bond acceptors (Lipinski definition) is 3. The van der Waals surface area contributed by atoms with Crippen molar-refractivity contribution in [2.75, 3.05) is 13.1 Å². The van der Waals surface area contributed by atoms with E-state index in [2.05, 4.69) is 20.3 Å². The van der Waals surface area contributed by atoms with Crippen molar-refractivity contribution in [3.05, 3.63) is 40.3 Å². The Labute approximate surface area is 116 Å². The highest BCUT2D eigenvalue weighted by atomic mass is 19.1. The Morgan fingerprint density at radius 1 is 1.60 bits per heavy atom. The number of aryl methyl sites for hydroxylation is 1.